The Morgan fingerprint density at radius 3 is 2.61 bits per heavy atom. The number of imidazole rings is 1. The SMILES string of the molecule is Cc1cc2nc(/C(C#N)=C\c3ccc(Cl)cc3Cl)[nH]c2cc1C. The molecular weight excluding hydrogens is 329 g/mol. The normalized spacial score (nSPS) is 11.7. The van der Waals surface area contributed by atoms with E-state index in [1.165, 1.54) is 11.1 Å². The van der Waals surface area contributed by atoms with E-state index in [9.17, 15) is 5.26 Å². The van der Waals surface area contributed by atoms with Gasteiger partial charge in [0.15, 0.2) is 0 Å². The lowest BCUT2D eigenvalue weighted by Crippen LogP contribution is -1.85. The molecule has 0 aliphatic rings. The van der Waals surface area contributed by atoms with Crippen LogP contribution in [0.15, 0.2) is 30.3 Å². The van der Waals surface area contributed by atoms with Crippen molar-refractivity contribution in [2.24, 2.45) is 0 Å². The number of benzene rings is 2. The Morgan fingerprint density at radius 1 is 1.17 bits per heavy atom. The number of H-pyrrole nitrogens is 1. The Labute approximate surface area is 144 Å². The van der Waals surface area contributed by atoms with Gasteiger partial charge in [-0.15, -0.1) is 0 Å². The first-order valence-electron chi connectivity index (χ1n) is 7.02. The minimum atomic E-state index is 0.417. The molecule has 0 bridgehead atoms. The number of rotatable bonds is 2. The van der Waals surface area contributed by atoms with Gasteiger partial charge in [-0.25, -0.2) is 4.98 Å². The van der Waals surface area contributed by atoms with Crippen LogP contribution in [0.3, 0.4) is 0 Å². The summed E-state index contributed by atoms with van der Waals surface area (Å²) in [5, 5.41) is 10.5. The Hall–Kier alpha value is -2.28. The average Bonchev–Trinajstić information content (AvgIpc) is 2.89. The molecule has 0 aliphatic carbocycles. The number of nitrogens with zero attached hydrogens (tertiary/aromatic N) is 2. The van der Waals surface area contributed by atoms with E-state index in [4.69, 9.17) is 23.2 Å². The van der Waals surface area contributed by atoms with Gasteiger partial charge in [0.2, 0.25) is 0 Å². The van der Waals surface area contributed by atoms with Crippen LogP contribution in [0, 0.1) is 25.2 Å². The fraction of sp³-hybridized carbons (Fsp3) is 0.111. The quantitative estimate of drug-likeness (QED) is 0.621. The van der Waals surface area contributed by atoms with Crippen molar-refractivity contribution < 1.29 is 0 Å². The maximum absolute atomic E-state index is 9.47. The monoisotopic (exact) mass is 341 g/mol. The fourth-order valence-corrected chi connectivity index (χ4v) is 2.79. The van der Waals surface area contributed by atoms with Gasteiger partial charge in [-0.3, -0.25) is 0 Å². The Morgan fingerprint density at radius 2 is 1.91 bits per heavy atom. The topological polar surface area (TPSA) is 52.5 Å². The fourth-order valence-electron chi connectivity index (χ4n) is 2.32. The zero-order valence-corrected chi connectivity index (χ0v) is 14.1. The molecule has 0 atom stereocenters. The van der Waals surface area contributed by atoms with Crippen LogP contribution in [0.25, 0.3) is 22.7 Å². The molecule has 1 heterocycles. The van der Waals surface area contributed by atoms with Gasteiger partial charge in [0.25, 0.3) is 0 Å². The van der Waals surface area contributed by atoms with E-state index in [1.54, 1.807) is 24.3 Å². The first kappa shape index (κ1) is 15.6. The molecule has 0 unspecified atom stereocenters. The lowest BCUT2D eigenvalue weighted by atomic mass is 10.1. The van der Waals surface area contributed by atoms with Crippen molar-refractivity contribution in [2.45, 2.75) is 13.8 Å². The molecule has 0 radical (unpaired) electrons. The average molecular weight is 342 g/mol. The van der Waals surface area contributed by atoms with Gasteiger partial charge in [0, 0.05) is 10.0 Å². The van der Waals surface area contributed by atoms with Crippen molar-refractivity contribution in [1.29, 1.82) is 5.26 Å². The summed E-state index contributed by atoms with van der Waals surface area (Å²) < 4.78 is 0. The molecule has 1 aromatic heterocycles. The number of allylic oxidation sites excluding steroid dienone is 1. The summed E-state index contributed by atoms with van der Waals surface area (Å²) >= 11 is 12.1. The lowest BCUT2D eigenvalue weighted by Gasteiger charge is -2.00. The lowest BCUT2D eigenvalue weighted by molar-refractivity contribution is 1.27. The summed E-state index contributed by atoms with van der Waals surface area (Å²) in [4.78, 5) is 7.71. The van der Waals surface area contributed by atoms with Gasteiger partial charge in [-0.05, 0) is 60.9 Å². The van der Waals surface area contributed by atoms with E-state index < -0.39 is 0 Å². The van der Waals surface area contributed by atoms with E-state index in [-0.39, 0.29) is 0 Å². The number of fused-ring (bicyclic) bond motifs is 1. The Kier molecular flexibility index (Phi) is 4.12. The van der Waals surface area contributed by atoms with Gasteiger partial charge in [-0.1, -0.05) is 29.3 Å². The molecule has 0 fully saturated rings. The minimum Gasteiger partial charge on any atom is -0.337 e. The molecule has 114 valence electrons. The van der Waals surface area contributed by atoms with E-state index in [0.29, 0.717) is 21.4 Å². The highest BCUT2D eigenvalue weighted by molar-refractivity contribution is 6.35. The van der Waals surface area contributed by atoms with Gasteiger partial charge >= 0.3 is 0 Å². The number of hydrogen-bond donors (Lipinski definition) is 1. The molecule has 3 aromatic rings. The molecule has 2 aromatic carbocycles. The summed E-state index contributed by atoms with van der Waals surface area (Å²) in [5.74, 6) is 0.526. The van der Waals surface area contributed by atoms with Crippen LogP contribution >= 0.6 is 23.2 Å². The van der Waals surface area contributed by atoms with Crippen molar-refractivity contribution in [1.82, 2.24) is 9.97 Å². The minimum absolute atomic E-state index is 0.417. The molecule has 0 aliphatic heterocycles. The second kappa shape index (κ2) is 6.08. The number of nitriles is 1. The molecule has 23 heavy (non-hydrogen) atoms. The number of hydrogen-bond acceptors (Lipinski definition) is 2. The highest BCUT2D eigenvalue weighted by atomic mass is 35.5. The van der Waals surface area contributed by atoms with Gasteiger partial charge in [-0.2, -0.15) is 5.26 Å². The molecule has 3 rings (SSSR count). The number of aryl methyl sites for hydroxylation is 2. The van der Waals surface area contributed by atoms with Crippen LogP contribution < -0.4 is 0 Å². The Bertz CT molecular complexity index is 939. The maximum atomic E-state index is 9.47. The van der Waals surface area contributed by atoms with E-state index in [2.05, 4.69) is 16.0 Å². The van der Waals surface area contributed by atoms with Gasteiger partial charge < -0.3 is 4.98 Å². The second-order valence-electron chi connectivity index (χ2n) is 5.37. The molecule has 0 spiro atoms. The van der Waals surface area contributed by atoms with Gasteiger partial charge in [0.1, 0.15) is 11.9 Å². The van der Waals surface area contributed by atoms with Crippen LogP contribution in [-0.4, -0.2) is 9.97 Å². The molecule has 0 amide bonds. The van der Waals surface area contributed by atoms with Gasteiger partial charge in [0.05, 0.1) is 16.6 Å². The molecule has 0 saturated heterocycles. The standard InChI is InChI=1S/C18H13Cl2N3/c1-10-5-16-17(6-11(10)2)23-18(22-16)13(9-21)7-12-3-4-14(19)8-15(12)20/h3-8H,1-2H3,(H,22,23)/b13-7-. The third-order valence-electron chi connectivity index (χ3n) is 3.74. The van der Waals surface area contributed by atoms with E-state index in [1.807, 2.05) is 26.0 Å². The molecule has 5 heteroatoms. The second-order valence-corrected chi connectivity index (χ2v) is 6.22. The van der Waals surface area contributed by atoms with Crippen LogP contribution in [0.1, 0.15) is 22.5 Å². The van der Waals surface area contributed by atoms with E-state index in [0.717, 1.165) is 16.6 Å². The van der Waals surface area contributed by atoms with Crippen LogP contribution in [0.4, 0.5) is 0 Å². The molecule has 0 saturated carbocycles. The largest absolute Gasteiger partial charge is 0.337 e. The van der Waals surface area contributed by atoms with Crippen LogP contribution in [0.5, 0.6) is 0 Å². The zero-order chi connectivity index (χ0) is 16.6. The van der Waals surface area contributed by atoms with Crippen LogP contribution in [0.2, 0.25) is 10.0 Å². The highest BCUT2D eigenvalue weighted by Gasteiger charge is 2.10. The number of halogens is 2. The third-order valence-corrected chi connectivity index (χ3v) is 4.30. The smallest absolute Gasteiger partial charge is 0.149 e. The predicted molar refractivity (Wildman–Crippen MR) is 95.5 cm³/mol. The zero-order valence-electron chi connectivity index (χ0n) is 12.6. The summed E-state index contributed by atoms with van der Waals surface area (Å²) in [5.41, 5.74) is 5.23. The van der Waals surface area contributed by atoms with Crippen molar-refractivity contribution in [3.05, 3.63) is 62.9 Å². The first-order valence-corrected chi connectivity index (χ1v) is 7.77. The molecule has 1 N–H and O–H groups in total. The van der Waals surface area contributed by atoms with Crippen molar-refractivity contribution in [2.75, 3.05) is 0 Å². The number of aromatic amines is 1. The predicted octanol–water partition coefficient (Wildman–Crippen LogP) is 5.55. The summed E-state index contributed by atoms with van der Waals surface area (Å²) in [6.45, 7) is 4.08. The third kappa shape index (κ3) is 3.10. The van der Waals surface area contributed by atoms with Crippen molar-refractivity contribution in [3.8, 4) is 6.07 Å². The summed E-state index contributed by atoms with van der Waals surface area (Å²) in [6.07, 6.45) is 1.70. The van der Waals surface area contributed by atoms with E-state index >= 15 is 0 Å². The maximum Gasteiger partial charge on any atom is 0.149 e. The van der Waals surface area contributed by atoms with Crippen molar-refractivity contribution in [3.63, 3.8) is 0 Å². The summed E-state index contributed by atoms with van der Waals surface area (Å²) in [7, 11) is 0. The number of aromatic nitrogens is 2. The van der Waals surface area contributed by atoms with Crippen LogP contribution in [-0.2, 0) is 0 Å². The molecular formula is C18H13Cl2N3. The highest BCUT2D eigenvalue weighted by Crippen LogP contribution is 2.26. The Balaban J connectivity index is 2.11. The first-order chi connectivity index (χ1) is 11.0. The van der Waals surface area contributed by atoms with Crippen molar-refractivity contribution >= 4 is 45.9 Å². The number of nitrogens with one attached hydrogen (secondary N) is 1. The summed E-state index contributed by atoms with van der Waals surface area (Å²) in [6, 6.07) is 11.4. The molecule has 3 nitrogen and oxygen atoms in total.